The summed E-state index contributed by atoms with van der Waals surface area (Å²) in [4.78, 5) is 0. The predicted molar refractivity (Wildman–Crippen MR) is 129 cm³/mol. The molecule has 0 radical (unpaired) electrons. The average molecular weight is 516 g/mol. The molecule has 0 aliphatic heterocycles. The smallest absolute Gasteiger partial charge is 0.508 e. The Bertz CT molecular complexity index is 1020. The number of benzene rings is 2. The van der Waals surface area contributed by atoms with Crippen molar-refractivity contribution in [3.8, 4) is 23.6 Å². The third kappa shape index (κ3) is 12.3. The first-order valence-electron chi connectivity index (χ1n) is 10.0. The van der Waals surface area contributed by atoms with Crippen LogP contribution in [0.25, 0.3) is 0 Å². The van der Waals surface area contributed by atoms with E-state index in [-0.39, 0.29) is 37.7 Å². The molecular weight excluding hydrogens is 488 g/mol. The van der Waals surface area contributed by atoms with E-state index in [1.165, 1.54) is 46.5 Å². The van der Waals surface area contributed by atoms with Crippen molar-refractivity contribution >= 4 is 0 Å². The molecule has 4 aromatic rings. The zero-order valence-electron chi connectivity index (χ0n) is 19.4. The summed E-state index contributed by atoms with van der Waals surface area (Å²) in [5.74, 6) is 0.378. The normalized spacial score (nSPS) is 8.55. The van der Waals surface area contributed by atoms with E-state index in [1.54, 1.807) is 24.3 Å². The van der Waals surface area contributed by atoms with Crippen LogP contribution in [0.2, 0.25) is 0 Å². The maximum Gasteiger partial charge on any atom is 2.00 e. The Hall–Kier alpha value is -3.40. The van der Waals surface area contributed by atoms with Gasteiger partial charge in [0.15, 0.2) is 0 Å². The van der Waals surface area contributed by atoms with E-state index in [0.29, 0.717) is 11.1 Å². The van der Waals surface area contributed by atoms with Crippen LogP contribution in [0.3, 0.4) is 0 Å². The molecule has 0 amide bonds. The van der Waals surface area contributed by atoms with Crippen LogP contribution in [-0.2, 0) is 26.2 Å². The number of rotatable bonds is 0. The number of nitriles is 2. The fourth-order valence-corrected chi connectivity index (χ4v) is 2.27. The van der Waals surface area contributed by atoms with Gasteiger partial charge in [0.25, 0.3) is 0 Å². The van der Waals surface area contributed by atoms with Gasteiger partial charge < -0.3 is 10.2 Å². The van der Waals surface area contributed by atoms with E-state index in [0.717, 1.165) is 0 Å². The standard InChI is InChI=1S/2C7H5NO.2C7H9.Zr/c2*8-5-6-1-3-7(9)4-2-6;2*1-6-4-3-5-7(6)2;/h2*1-4,9H;2*3-5H,1-2H3;/q;;2*-1;+2. The monoisotopic (exact) mass is 514 g/mol. The van der Waals surface area contributed by atoms with E-state index >= 15 is 0 Å². The molecule has 0 saturated carbocycles. The Balaban J connectivity index is 0.000000412. The van der Waals surface area contributed by atoms with Crippen LogP contribution in [0.4, 0.5) is 0 Å². The third-order valence-electron chi connectivity index (χ3n) is 4.62. The van der Waals surface area contributed by atoms with Gasteiger partial charge in [0.05, 0.1) is 23.3 Å². The Kier molecular flexibility index (Phi) is 14.6. The second-order valence-corrected chi connectivity index (χ2v) is 7.10. The molecular formula is C28H28N2O2Zr. The molecule has 33 heavy (non-hydrogen) atoms. The van der Waals surface area contributed by atoms with Gasteiger partial charge in [0, 0.05) is 0 Å². The fraction of sp³-hybridized carbons (Fsp3) is 0.143. The minimum Gasteiger partial charge on any atom is -0.508 e. The summed E-state index contributed by atoms with van der Waals surface area (Å²) >= 11 is 0. The summed E-state index contributed by atoms with van der Waals surface area (Å²) in [6.45, 7) is 8.48. The van der Waals surface area contributed by atoms with Crippen molar-refractivity contribution in [3.63, 3.8) is 0 Å². The summed E-state index contributed by atoms with van der Waals surface area (Å²) < 4.78 is 0. The predicted octanol–water partition coefficient (Wildman–Crippen LogP) is 6.57. The molecule has 0 aliphatic carbocycles. The minimum absolute atomic E-state index is 0. The zero-order chi connectivity index (χ0) is 23.9. The van der Waals surface area contributed by atoms with E-state index in [9.17, 15) is 0 Å². The fourth-order valence-electron chi connectivity index (χ4n) is 2.27. The quantitative estimate of drug-likeness (QED) is 0.259. The van der Waals surface area contributed by atoms with Crippen molar-refractivity contribution in [1.29, 1.82) is 10.5 Å². The van der Waals surface area contributed by atoms with Crippen LogP contribution in [0.1, 0.15) is 33.4 Å². The molecule has 2 N–H and O–H groups in total. The molecule has 166 valence electrons. The number of aryl methyl sites for hydroxylation is 4. The van der Waals surface area contributed by atoms with Gasteiger partial charge in [-0.1, -0.05) is 27.7 Å². The molecule has 4 rings (SSSR count). The third-order valence-corrected chi connectivity index (χ3v) is 4.62. The summed E-state index contributed by atoms with van der Waals surface area (Å²) in [7, 11) is 0. The van der Waals surface area contributed by atoms with Crippen LogP contribution in [0, 0.1) is 50.4 Å². The van der Waals surface area contributed by atoms with Crippen molar-refractivity contribution in [2.45, 2.75) is 27.7 Å². The maximum atomic E-state index is 8.74. The van der Waals surface area contributed by atoms with Crippen LogP contribution in [0.5, 0.6) is 11.5 Å². The minimum atomic E-state index is 0. The molecule has 0 saturated heterocycles. The molecule has 5 heteroatoms. The Labute approximate surface area is 215 Å². The van der Waals surface area contributed by atoms with Gasteiger partial charge in [-0.3, -0.25) is 0 Å². The molecule has 0 aromatic heterocycles. The van der Waals surface area contributed by atoms with Crippen LogP contribution in [-0.4, -0.2) is 10.2 Å². The molecule has 0 fully saturated rings. The van der Waals surface area contributed by atoms with Gasteiger partial charge in [-0.2, -0.15) is 44.9 Å². The van der Waals surface area contributed by atoms with E-state index in [1.807, 2.05) is 12.1 Å². The first kappa shape index (κ1) is 29.6. The second-order valence-electron chi connectivity index (χ2n) is 7.10. The summed E-state index contributed by atoms with van der Waals surface area (Å²) in [6, 6.07) is 28.7. The van der Waals surface area contributed by atoms with Gasteiger partial charge >= 0.3 is 26.2 Å². The summed E-state index contributed by atoms with van der Waals surface area (Å²) in [6.07, 6.45) is 0. The SMILES string of the molecule is Cc1ccc[c-]1C.Cc1ccc[c-]1C.N#Cc1ccc(O)cc1.N#Cc1ccc(O)cc1.[Zr+2]. The van der Waals surface area contributed by atoms with Gasteiger partial charge in [-0.05, 0) is 48.5 Å². The van der Waals surface area contributed by atoms with E-state index in [2.05, 4.69) is 64.1 Å². The van der Waals surface area contributed by atoms with Crippen LogP contribution < -0.4 is 0 Å². The van der Waals surface area contributed by atoms with Crippen LogP contribution >= 0.6 is 0 Å². The van der Waals surface area contributed by atoms with E-state index in [4.69, 9.17) is 20.7 Å². The Morgan fingerprint density at radius 1 is 0.606 bits per heavy atom. The van der Waals surface area contributed by atoms with Gasteiger partial charge in [0.1, 0.15) is 11.5 Å². The van der Waals surface area contributed by atoms with Gasteiger partial charge in [-0.25, -0.2) is 24.3 Å². The summed E-state index contributed by atoms with van der Waals surface area (Å²) in [5, 5.41) is 34.1. The number of aromatic hydroxyl groups is 2. The van der Waals surface area contributed by atoms with Crippen molar-refractivity contribution in [2.24, 2.45) is 0 Å². The largest absolute Gasteiger partial charge is 2.00 e. The average Bonchev–Trinajstić information content (AvgIpc) is 3.37. The second kappa shape index (κ2) is 16.3. The zero-order valence-corrected chi connectivity index (χ0v) is 21.8. The molecule has 4 nitrogen and oxygen atoms in total. The van der Waals surface area contributed by atoms with Crippen molar-refractivity contribution in [2.75, 3.05) is 0 Å². The molecule has 0 spiro atoms. The van der Waals surface area contributed by atoms with Gasteiger partial charge in [0.2, 0.25) is 0 Å². The molecule has 0 bridgehead atoms. The molecule has 4 aromatic carbocycles. The Morgan fingerprint density at radius 2 is 0.909 bits per heavy atom. The maximum absolute atomic E-state index is 8.74. The molecule has 0 atom stereocenters. The number of phenolic OH excluding ortho intramolecular Hbond substituents is 2. The first-order valence-corrected chi connectivity index (χ1v) is 10.0. The first-order chi connectivity index (χ1) is 15.3. The van der Waals surface area contributed by atoms with Crippen molar-refractivity contribution < 1.29 is 36.4 Å². The molecule has 0 aliphatic rings. The number of hydrogen-bond acceptors (Lipinski definition) is 4. The molecule has 0 heterocycles. The van der Waals surface area contributed by atoms with Crippen molar-refractivity contribution in [1.82, 2.24) is 0 Å². The number of hydrogen-bond donors (Lipinski definition) is 2. The molecule has 0 unspecified atom stereocenters. The van der Waals surface area contributed by atoms with Gasteiger partial charge in [-0.15, -0.1) is 0 Å². The van der Waals surface area contributed by atoms with Crippen LogP contribution in [0.15, 0.2) is 84.9 Å². The topological polar surface area (TPSA) is 88.0 Å². The van der Waals surface area contributed by atoms with Crippen molar-refractivity contribution in [3.05, 3.63) is 118 Å². The summed E-state index contributed by atoms with van der Waals surface area (Å²) in [5.41, 5.74) is 6.68. The number of nitrogens with zero attached hydrogens (tertiary/aromatic N) is 2. The number of phenols is 2. The van der Waals surface area contributed by atoms with E-state index < -0.39 is 0 Å². The Morgan fingerprint density at radius 3 is 1.06 bits per heavy atom.